The van der Waals surface area contributed by atoms with Gasteiger partial charge in [0.05, 0.1) is 0 Å². The summed E-state index contributed by atoms with van der Waals surface area (Å²) in [5.74, 6) is 1.12. The Kier molecular flexibility index (Phi) is 8.38. The van der Waals surface area contributed by atoms with Crippen LogP contribution in [0, 0.1) is 11.8 Å². The average Bonchev–Trinajstić information content (AvgIpc) is 2.14. The molecule has 0 fully saturated rings. The molecule has 0 bridgehead atoms. The molecule has 1 unspecified atom stereocenters. The number of hydrogen-bond donors (Lipinski definition) is 2. The van der Waals surface area contributed by atoms with Gasteiger partial charge in [-0.15, -0.1) is 0 Å². The van der Waals surface area contributed by atoms with Gasteiger partial charge >= 0.3 is 0 Å². The molecule has 0 spiro atoms. The molecule has 90 valence electrons. The van der Waals surface area contributed by atoms with Gasteiger partial charge in [0.1, 0.15) is 0 Å². The molecule has 0 aromatic rings. The maximum absolute atomic E-state index is 10.6. The van der Waals surface area contributed by atoms with E-state index in [4.69, 9.17) is 5.11 Å². The third kappa shape index (κ3) is 9.73. The lowest BCUT2D eigenvalue weighted by Gasteiger charge is -2.16. The quantitative estimate of drug-likeness (QED) is 0.608. The Hall–Kier alpha value is -0.570. The first-order valence-corrected chi connectivity index (χ1v) is 5.91. The standard InChI is InChI=1S/C12H25NO2/c1-10(2)8-12(9-14)6-4-5-7-13-11(3)15/h10,12,14H,4-9H2,1-3H3,(H,13,15). The zero-order valence-electron chi connectivity index (χ0n) is 10.3. The number of hydrogen-bond acceptors (Lipinski definition) is 2. The second-order valence-electron chi connectivity index (χ2n) is 4.66. The Labute approximate surface area is 93.3 Å². The van der Waals surface area contributed by atoms with Crippen molar-refractivity contribution in [1.29, 1.82) is 0 Å². The number of carbonyl (C=O) groups is 1. The molecule has 2 N–H and O–H groups in total. The lowest BCUT2D eigenvalue weighted by atomic mass is 9.93. The van der Waals surface area contributed by atoms with E-state index in [1.165, 1.54) is 6.92 Å². The largest absolute Gasteiger partial charge is 0.396 e. The zero-order valence-corrected chi connectivity index (χ0v) is 10.3. The van der Waals surface area contributed by atoms with E-state index >= 15 is 0 Å². The Morgan fingerprint density at radius 1 is 1.33 bits per heavy atom. The highest BCUT2D eigenvalue weighted by atomic mass is 16.3. The molecule has 3 heteroatoms. The van der Waals surface area contributed by atoms with Gasteiger partial charge in [-0.3, -0.25) is 4.79 Å². The Morgan fingerprint density at radius 3 is 2.47 bits per heavy atom. The van der Waals surface area contributed by atoms with E-state index in [9.17, 15) is 4.79 Å². The smallest absolute Gasteiger partial charge is 0.216 e. The minimum atomic E-state index is 0.0379. The van der Waals surface area contributed by atoms with Crippen LogP contribution >= 0.6 is 0 Å². The SMILES string of the molecule is CC(=O)NCCCCC(CO)CC(C)C. The third-order valence-electron chi connectivity index (χ3n) is 2.48. The molecule has 0 saturated carbocycles. The molecule has 0 saturated heterocycles. The second kappa shape index (κ2) is 8.72. The predicted molar refractivity (Wildman–Crippen MR) is 62.6 cm³/mol. The van der Waals surface area contributed by atoms with Gasteiger partial charge in [0, 0.05) is 20.1 Å². The van der Waals surface area contributed by atoms with Gasteiger partial charge in [-0.25, -0.2) is 0 Å². The van der Waals surface area contributed by atoms with Crippen molar-refractivity contribution in [1.82, 2.24) is 5.32 Å². The molecular formula is C12H25NO2. The predicted octanol–water partition coefficient (Wildman–Crippen LogP) is 1.95. The van der Waals surface area contributed by atoms with E-state index in [0.29, 0.717) is 11.8 Å². The van der Waals surface area contributed by atoms with Crippen molar-refractivity contribution in [2.45, 2.75) is 46.5 Å². The summed E-state index contributed by atoms with van der Waals surface area (Å²) in [4.78, 5) is 10.6. The zero-order chi connectivity index (χ0) is 11.7. The molecule has 1 atom stereocenters. The molecule has 0 aromatic heterocycles. The normalized spacial score (nSPS) is 12.9. The van der Waals surface area contributed by atoms with E-state index in [0.717, 1.165) is 32.2 Å². The minimum Gasteiger partial charge on any atom is -0.396 e. The Balaban J connectivity index is 3.42. The first-order chi connectivity index (χ1) is 7.06. The van der Waals surface area contributed by atoms with Crippen LogP contribution in [-0.4, -0.2) is 24.2 Å². The molecule has 0 aromatic carbocycles. The van der Waals surface area contributed by atoms with Crippen molar-refractivity contribution in [3.63, 3.8) is 0 Å². The summed E-state index contributed by atoms with van der Waals surface area (Å²) in [7, 11) is 0. The number of nitrogens with one attached hydrogen (secondary N) is 1. The van der Waals surface area contributed by atoms with Crippen molar-refractivity contribution < 1.29 is 9.90 Å². The van der Waals surface area contributed by atoms with E-state index in [1.807, 2.05) is 0 Å². The van der Waals surface area contributed by atoms with Crippen LogP contribution in [0.4, 0.5) is 0 Å². The van der Waals surface area contributed by atoms with Crippen LogP contribution in [0.5, 0.6) is 0 Å². The number of unbranched alkanes of at least 4 members (excludes halogenated alkanes) is 1. The highest BCUT2D eigenvalue weighted by Gasteiger charge is 2.09. The fourth-order valence-electron chi connectivity index (χ4n) is 1.77. The van der Waals surface area contributed by atoms with Crippen LogP contribution in [0.1, 0.15) is 46.5 Å². The molecule has 0 radical (unpaired) electrons. The van der Waals surface area contributed by atoms with E-state index in [-0.39, 0.29) is 12.5 Å². The first kappa shape index (κ1) is 14.4. The highest BCUT2D eigenvalue weighted by Crippen LogP contribution is 2.17. The maximum atomic E-state index is 10.6. The van der Waals surface area contributed by atoms with Gasteiger partial charge in [-0.05, 0) is 31.1 Å². The van der Waals surface area contributed by atoms with Crippen molar-refractivity contribution in [3.8, 4) is 0 Å². The van der Waals surface area contributed by atoms with Gasteiger partial charge in [0.25, 0.3) is 0 Å². The van der Waals surface area contributed by atoms with Crippen LogP contribution < -0.4 is 5.32 Å². The van der Waals surface area contributed by atoms with Crippen LogP contribution in [0.25, 0.3) is 0 Å². The number of aliphatic hydroxyl groups excluding tert-OH is 1. The van der Waals surface area contributed by atoms with Crippen LogP contribution in [0.3, 0.4) is 0 Å². The Bertz CT molecular complexity index is 169. The van der Waals surface area contributed by atoms with E-state index in [1.54, 1.807) is 0 Å². The molecule has 0 aliphatic rings. The van der Waals surface area contributed by atoms with Crippen molar-refractivity contribution in [2.75, 3.05) is 13.2 Å². The van der Waals surface area contributed by atoms with Gasteiger partial charge in [-0.2, -0.15) is 0 Å². The molecule has 1 amide bonds. The topological polar surface area (TPSA) is 49.3 Å². The van der Waals surface area contributed by atoms with Gasteiger partial charge < -0.3 is 10.4 Å². The van der Waals surface area contributed by atoms with Gasteiger partial charge in [-0.1, -0.05) is 20.3 Å². The molecule has 0 aliphatic heterocycles. The molecule has 0 aliphatic carbocycles. The van der Waals surface area contributed by atoms with E-state index in [2.05, 4.69) is 19.2 Å². The van der Waals surface area contributed by atoms with Crippen molar-refractivity contribution >= 4 is 5.91 Å². The first-order valence-electron chi connectivity index (χ1n) is 5.91. The minimum absolute atomic E-state index is 0.0379. The fourth-order valence-corrected chi connectivity index (χ4v) is 1.77. The summed E-state index contributed by atoms with van der Waals surface area (Å²) in [6.07, 6.45) is 4.25. The summed E-state index contributed by atoms with van der Waals surface area (Å²) in [6, 6.07) is 0. The van der Waals surface area contributed by atoms with E-state index < -0.39 is 0 Å². The number of carbonyl (C=O) groups excluding carboxylic acids is 1. The van der Waals surface area contributed by atoms with Crippen LogP contribution in [-0.2, 0) is 4.79 Å². The van der Waals surface area contributed by atoms with Crippen molar-refractivity contribution in [2.24, 2.45) is 11.8 Å². The summed E-state index contributed by atoms with van der Waals surface area (Å²) in [6.45, 7) is 6.95. The number of rotatable bonds is 8. The molecular weight excluding hydrogens is 190 g/mol. The maximum Gasteiger partial charge on any atom is 0.216 e. The van der Waals surface area contributed by atoms with Gasteiger partial charge in [0.2, 0.25) is 5.91 Å². The molecule has 0 rings (SSSR count). The highest BCUT2D eigenvalue weighted by molar-refractivity contribution is 5.72. The molecule has 0 heterocycles. The number of amides is 1. The summed E-state index contributed by atoms with van der Waals surface area (Å²) in [5, 5.41) is 11.9. The van der Waals surface area contributed by atoms with Gasteiger partial charge in [0.15, 0.2) is 0 Å². The fraction of sp³-hybridized carbons (Fsp3) is 0.917. The third-order valence-corrected chi connectivity index (χ3v) is 2.48. The summed E-state index contributed by atoms with van der Waals surface area (Å²) in [5.41, 5.74) is 0. The lowest BCUT2D eigenvalue weighted by molar-refractivity contribution is -0.118. The Morgan fingerprint density at radius 2 is 2.00 bits per heavy atom. The summed E-state index contributed by atoms with van der Waals surface area (Å²) < 4.78 is 0. The second-order valence-corrected chi connectivity index (χ2v) is 4.66. The molecule has 15 heavy (non-hydrogen) atoms. The average molecular weight is 215 g/mol. The van der Waals surface area contributed by atoms with Crippen LogP contribution in [0.15, 0.2) is 0 Å². The lowest BCUT2D eigenvalue weighted by Crippen LogP contribution is -2.21. The molecule has 3 nitrogen and oxygen atoms in total. The van der Waals surface area contributed by atoms with Crippen molar-refractivity contribution in [3.05, 3.63) is 0 Å². The number of aliphatic hydroxyl groups is 1. The summed E-state index contributed by atoms with van der Waals surface area (Å²) >= 11 is 0. The van der Waals surface area contributed by atoms with Crippen LogP contribution in [0.2, 0.25) is 0 Å². The monoisotopic (exact) mass is 215 g/mol.